The van der Waals surface area contributed by atoms with Crippen LogP contribution in [0.25, 0.3) is 0 Å². The number of nitrogens with two attached hydrogens (primary N) is 1. The van der Waals surface area contributed by atoms with Crippen molar-refractivity contribution in [1.29, 1.82) is 0 Å². The van der Waals surface area contributed by atoms with E-state index < -0.39 is 0 Å². The minimum absolute atomic E-state index is 0.455. The molecule has 3 N–H and O–H groups in total. The molecular weight excluding hydrogens is 152 g/mol. The van der Waals surface area contributed by atoms with Gasteiger partial charge in [0.15, 0.2) is 0 Å². The molecule has 0 bridgehead atoms. The smallest absolute Gasteiger partial charge is 0.0790 e. The fourth-order valence-corrected chi connectivity index (χ4v) is 1.53. The fraction of sp³-hybridized carbons (Fsp3) is 1.00. The first-order valence-electron chi connectivity index (χ1n) is 5.02. The van der Waals surface area contributed by atoms with Gasteiger partial charge >= 0.3 is 0 Å². The summed E-state index contributed by atoms with van der Waals surface area (Å²) in [5.74, 6) is 0. The maximum absolute atomic E-state index is 5.48. The van der Waals surface area contributed by atoms with Crippen molar-refractivity contribution in [2.45, 2.75) is 44.6 Å². The van der Waals surface area contributed by atoms with E-state index in [4.69, 9.17) is 10.6 Å². The van der Waals surface area contributed by atoms with E-state index in [0.29, 0.717) is 6.10 Å². The van der Waals surface area contributed by atoms with Crippen LogP contribution in [0.1, 0.15) is 38.5 Å². The minimum Gasteiger partial charge on any atom is -0.330 e. The van der Waals surface area contributed by atoms with Crippen LogP contribution < -0.4 is 11.2 Å². The molecule has 0 aromatic rings. The van der Waals surface area contributed by atoms with Crippen LogP contribution in [0.3, 0.4) is 0 Å². The Kier molecular flexibility index (Phi) is 5.32. The third kappa shape index (κ3) is 4.04. The molecule has 0 aliphatic heterocycles. The molecule has 0 atom stereocenters. The molecule has 72 valence electrons. The van der Waals surface area contributed by atoms with Gasteiger partial charge < -0.3 is 5.73 Å². The van der Waals surface area contributed by atoms with E-state index in [9.17, 15) is 0 Å². The third-order valence-corrected chi connectivity index (χ3v) is 2.29. The zero-order chi connectivity index (χ0) is 8.65. The van der Waals surface area contributed by atoms with E-state index in [1.165, 1.54) is 32.1 Å². The Morgan fingerprint density at radius 2 is 2.00 bits per heavy atom. The van der Waals surface area contributed by atoms with E-state index in [0.717, 1.165) is 19.5 Å². The number of hydroxylamine groups is 1. The summed E-state index contributed by atoms with van der Waals surface area (Å²) in [7, 11) is 0. The molecule has 3 nitrogen and oxygen atoms in total. The lowest BCUT2D eigenvalue weighted by molar-refractivity contribution is -0.0417. The van der Waals surface area contributed by atoms with Crippen LogP contribution in [-0.4, -0.2) is 19.2 Å². The summed E-state index contributed by atoms with van der Waals surface area (Å²) < 4.78 is 0. The van der Waals surface area contributed by atoms with E-state index in [1.54, 1.807) is 0 Å². The number of hydrogen-bond donors (Lipinski definition) is 2. The molecule has 1 saturated carbocycles. The highest BCUT2D eigenvalue weighted by Gasteiger charge is 2.13. The van der Waals surface area contributed by atoms with Gasteiger partial charge in [0.25, 0.3) is 0 Å². The Balaban J connectivity index is 1.91. The van der Waals surface area contributed by atoms with Gasteiger partial charge in [0, 0.05) is 6.54 Å². The van der Waals surface area contributed by atoms with Crippen molar-refractivity contribution in [1.82, 2.24) is 5.48 Å². The molecule has 3 heteroatoms. The summed E-state index contributed by atoms with van der Waals surface area (Å²) >= 11 is 0. The molecule has 0 amide bonds. The van der Waals surface area contributed by atoms with Crippen molar-refractivity contribution in [3.05, 3.63) is 0 Å². The van der Waals surface area contributed by atoms with Crippen molar-refractivity contribution in [3.63, 3.8) is 0 Å². The molecule has 0 heterocycles. The van der Waals surface area contributed by atoms with Gasteiger partial charge in [0.2, 0.25) is 0 Å². The summed E-state index contributed by atoms with van der Waals surface area (Å²) in [6.07, 6.45) is 7.91. The average molecular weight is 172 g/mol. The topological polar surface area (TPSA) is 47.3 Å². The molecule has 0 aromatic heterocycles. The highest BCUT2D eigenvalue weighted by atomic mass is 16.7. The summed E-state index contributed by atoms with van der Waals surface area (Å²) in [4.78, 5) is 5.48. The van der Waals surface area contributed by atoms with Crippen molar-refractivity contribution < 1.29 is 4.84 Å². The fourth-order valence-electron chi connectivity index (χ4n) is 1.53. The van der Waals surface area contributed by atoms with Gasteiger partial charge in [-0.15, -0.1) is 0 Å². The van der Waals surface area contributed by atoms with Gasteiger partial charge in [-0.3, -0.25) is 4.84 Å². The molecule has 1 aliphatic rings. The Bertz CT molecular complexity index is 103. The predicted octanol–water partition coefficient (Wildman–Crippen LogP) is 1.19. The zero-order valence-electron chi connectivity index (χ0n) is 7.72. The van der Waals surface area contributed by atoms with Gasteiger partial charge in [-0.1, -0.05) is 19.3 Å². The molecule has 0 spiro atoms. The second kappa shape index (κ2) is 6.40. The maximum atomic E-state index is 5.48. The summed E-state index contributed by atoms with van der Waals surface area (Å²) in [6.45, 7) is 1.62. The van der Waals surface area contributed by atoms with E-state index >= 15 is 0 Å². The summed E-state index contributed by atoms with van der Waals surface area (Å²) in [5.41, 5.74) is 8.33. The number of nitrogens with one attached hydrogen (secondary N) is 1. The van der Waals surface area contributed by atoms with Gasteiger partial charge in [-0.05, 0) is 25.8 Å². The van der Waals surface area contributed by atoms with Gasteiger partial charge in [-0.25, -0.2) is 5.48 Å². The van der Waals surface area contributed by atoms with E-state index in [-0.39, 0.29) is 0 Å². The van der Waals surface area contributed by atoms with Crippen LogP contribution in [0.5, 0.6) is 0 Å². The van der Waals surface area contributed by atoms with Crippen molar-refractivity contribution >= 4 is 0 Å². The van der Waals surface area contributed by atoms with Gasteiger partial charge in [-0.2, -0.15) is 0 Å². The van der Waals surface area contributed by atoms with Crippen LogP contribution in [0.4, 0.5) is 0 Å². The lowest BCUT2D eigenvalue weighted by atomic mass is 9.98. The lowest BCUT2D eigenvalue weighted by Gasteiger charge is -2.21. The molecule has 12 heavy (non-hydrogen) atoms. The quantitative estimate of drug-likeness (QED) is 0.483. The predicted molar refractivity (Wildman–Crippen MR) is 49.6 cm³/mol. The molecular formula is C9H20N2O. The molecule has 0 saturated heterocycles. The first-order valence-corrected chi connectivity index (χ1v) is 5.02. The number of rotatable bonds is 5. The van der Waals surface area contributed by atoms with Crippen molar-refractivity contribution in [3.8, 4) is 0 Å². The van der Waals surface area contributed by atoms with Crippen LogP contribution >= 0.6 is 0 Å². The lowest BCUT2D eigenvalue weighted by Crippen LogP contribution is -2.27. The van der Waals surface area contributed by atoms with Crippen LogP contribution in [-0.2, 0) is 4.84 Å². The van der Waals surface area contributed by atoms with Gasteiger partial charge in [0.05, 0.1) is 6.10 Å². The average Bonchev–Trinajstić information content (AvgIpc) is 2.14. The van der Waals surface area contributed by atoms with Crippen molar-refractivity contribution in [2.75, 3.05) is 13.1 Å². The minimum atomic E-state index is 0.455. The number of hydrogen-bond acceptors (Lipinski definition) is 3. The molecule has 1 fully saturated rings. The monoisotopic (exact) mass is 172 g/mol. The molecule has 0 aromatic carbocycles. The van der Waals surface area contributed by atoms with Crippen LogP contribution in [0.2, 0.25) is 0 Å². The Hall–Kier alpha value is -0.120. The summed E-state index contributed by atoms with van der Waals surface area (Å²) in [6, 6.07) is 0. The molecule has 1 aliphatic carbocycles. The Morgan fingerprint density at radius 1 is 1.25 bits per heavy atom. The SMILES string of the molecule is NCCCNOC1CCCCC1. The molecule has 0 radical (unpaired) electrons. The third-order valence-electron chi connectivity index (χ3n) is 2.29. The molecule has 0 unspecified atom stereocenters. The Labute approximate surface area is 74.6 Å². The maximum Gasteiger partial charge on any atom is 0.0790 e. The van der Waals surface area contributed by atoms with Crippen LogP contribution in [0.15, 0.2) is 0 Å². The normalized spacial score (nSPS) is 19.8. The van der Waals surface area contributed by atoms with Gasteiger partial charge in [0.1, 0.15) is 0 Å². The second-order valence-corrected chi connectivity index (χ2v) is 3.41. The summed E-state index contributed by atoms with van der Waals surface area (Å²) in [5, 5.41) is 0. The largest absolute Gasteiger partial charge is 0.330 e. The van der Waals surface area contributed by atoms with E-state index in [2.05, 4.69) is 5.48 Å². The highest BCUT2D eigenvalue weighted by Crippen LogP contribution is 2.19. The second-order valence-electron chi connectivity index (χ2n) is 3.41. The van der Waals surface area contributed by atoms with Crippen molar-refractivity contribution in [2.24, 2.45) is 5.73 Å². The first kappa shape index (κ1) is 9.96. The highest BCUT2D eigenvalue weighted by molar-refractivity contribution is 4.64. The Morgan fingerprint density at radius 3 is 2.67 bits per heavy atom. The van der Waals surface area contributed by atoms with Crippen LogP contribution in [0, 0.1) is 0 Å². The first-order chi connectivity index (χ1) is 5.93. The molecule has 1 rings (SSSR count). The van der Waals surface area contributed by atoms with E-state index in [1.807, 2.05) is 0 Å². The zero-order valence-corrected chi connectivity index (χ0v) is 7.72. The standard InChI is InChI=1S/C9H20N2O/c10-7-4-8-11-12-9-5-2-1-3-6-9/h9,11H,1-8,10H2.